The molecule has 1 aromatic heterocycles. The highest BCUT2D eigenvalue weighted by molar-refractivity contribution is 5.94. The van der Waals surface area contributed by atoms with Crippen LogP contribution in [0.3, 0.4) is 0 Å². The average Bonchev–Trinajstić information content (AvgIpc) is 2.38. The van der Waals surface area contributed by atoms with E-state index in [1.165, 1.54) is 18.5 Å². The minimum Gasteiger partial charge on any atom is -0.506 e. The average molecular weight is 250 g/mol. The maximum absolute atomic E-state index is 12.2. The van der Waals surface area contributed by atoms with Gasteiger partial charge < -0.3 is 15.1 Å². The van der Waals surface area contributed by atoms with Crippen LogP contribution in [0.4, 0.5) is 0 Å². The molecule has 98 valence electrons. The zero-order valence-electron chi connectivity index (χ0n) is 10.5. The summed E-state index contributed by atoms with van der Waals surface area (Å²) in [5.41, 5.74) is -0.423. The molecule has 1 fully saturated rings. The van der Waals surface area contributed by atoms with Gasteiger partial charge in [0, 0.05) is 19.3 Å². The Morgan fingerprint density at radius 2 is 2.33 bits per heavy atom. The van der Waals surface area contributed by atoms with E-state index in [0.29, 0.717) is 25.1 Å². The number of hydrogen-bond donors (Lipinski definition) is 2. The number of hydrogen-bond acceptors (Lipinski definition) is 4. The molecule has 1 aliphatic rings. The summed E-state index contributed by atoms with van der Waals surface area (Å²) < 4.78 is 0. The highest BCUT2D eigenvalue weighted by atomic mass is 16.3. The SMILES string of the molecule is CC[C@]1(O)CCCN(C(=O)c2cncc(O)c2)C1. The van der Waals surface area contributed by atoms with E-state index in [9.17, 15) is 15.0 Å². The Hall–Kier alpha value is -1.62. The molecular weight excluding hydrogens is 232 g/mol. The third-order valence-corrected chi connectivity index (χ3v) is 3.47. The van der Waals surface area contributed by atoms with E-state index in [1.54, 1.807) is 4.90 Å². The van der Waals surface area contributed by atoms with Crippen LogP contribution in [0.1, 0.15) is 36.5 Å². The van der Waals surface area contributed by atoms with Crippen LogP contribution < -0.4 is 0 Å². The summed E-state index contributed by atoms with van der Waals surface area (Å²) in [4.78, 5) is 17.6. The highest BCUT2D eigenvalue weighted by Gasteiger charge is 2.33. The Morgan fingerprint density at radius 1 is 1.56 bits per heavy atom. The topological polar surface area (TPSA) is 73.7 Å². The summed E-state index contributed by atoms with van der Waals surface area (Å²) in [6.07, 6.45) is 4.87. The van der Waals surface area contributed by atoms with Crippen molar-refractivity contribution in [2.75, 3.05) is 13.1 Å². The van der Waals surface area contributed by atoms with Gasteiger partial charge in [-0.1, -0.05) is 6.92 Å². The Balaban J connectivity index is 2.14. The standard InChI is InChI=1S/C13H18N2O3/c1-2-13(18)4-3-5-15(9-13)12(17)10-6-11(16)8-14-7-10/h6-8,16,18H,2-5,9H2,1H3/t13-/m0/s1. The summed E-state index contributed by atoms with van der Waals surface area (Å²) in [6.45, 7) is 2.90. The van der Waals surface area contributed by atoms with E-state index in [4.69, 9.17) is 0 Å². The first-order valence-electron chi connectivity index (χ1n) is 6.20. The van der Waals surface area contributed by atoms with Crippen LogP contribution in [0.15, 0.2) is 18.5 Å². The van der Waals surface area contributed by atoms with E-state index in [1.807, 2.05) is 6.92 Å². The van der Waals surface area contributed by atoms with Gasteiger partial charge in [-0.15, -0.1) is 0 Å². The van der Waals surface area contributed by atoms with E-state index in [0.717, 1.165) is 12.8 Å². The summed E-state index contributed by atoms with van der Waals surface area (Å²) in [7, 11) is 0. The minimum atomic E-state index is -0.780. The van der Waals surface area contributed by atoms with Crippen molar-refractivity contribution in [1.29, 1.82) is 0 Å². The van der Waals surface area contributed by atoms with Crippen LogP contribution in [0.25, 0.3) is 0 Å². The Labute approximate surface area is 106 Å². The van der Waals surface area contributed by atoms with Crippen molar-refractivity contribution >= 4 is 5.91 Å². The van der Waals surface area contributed by atoms with Gasteiger partial charge in [0.1, 0.15) is 5.75 Å². The van der Waals surface area contributed by atoms with Gasteiger partial charge in [-0.3, -0.25) is 9.78 Å². The van der Waals surface area contributed by atoms with Crippen LogP contribution in [0.5, 0.6) is 5.75 Å². The molecule has 18 heavy (non-hydrogen) atoms. The van der Waals surface area contributed by atoms with E-state index in [2.05, 4.69) is 4.98 Å². The molecule has 0 aromatic carbocycles. The van der Waals surface area contributed by atoms with Crippen molar-refractivity contribution in [3.05, 3.63) is 24.0 Å². The molecule has 2 heterocycles. The molecule has 5 nitrogen and oxygen atoms in total. The molecule has 1 atom stereocenters. The number of pyridine rings is 1. The van der Waals surface area contributed by atoms with Crippen molar-refractivity contribution in [3.8, 4) is 5.75 Å². The highest BCUT2D eigenvalue weighted by Crippen LogP contribution is 2.25. The van der Waals surface area contributed by atoms with Crippen molar-refractivity contribution < 1.29 is 15.0 Å². The molecule has 0 saturated carbocycles. The largest absolute Gasteiger partial charge is 0.506 e. The Morgan fingerprint density at radius 3 is 3.00 bits per heavy atom. The maximum Gasteiger partial charge on any atom is 0.255 e. The van der Waals surface area contributed by atoms with Gasteiger partial charge in [0.05, 0.1) is 17.4 Å². The molecule has 0 radical (unpaired) electrons. The maximum atomic E-state index is 12.2. The lowest BCUT2D eigenvalue weighted by Gasteiger charge is -2.38. The fraction of sp³-hybridized carbons (Fsp3) is 0.538. The number of aromatic hydroxyl groups is 1. The van der Waals surface area contributed by atoms with Crippen LogP contribution >= 0.6 is 0 Å². The molecule has 0 bridgehead atoms. The summed E-state index contributed by atoms with van der Waals surface area (Å²) in [5.74, 6) is -0.214. The fourth-order valence-corrected chi connectivity index (χ4v) is 2.30. The van der Waals surface area contributed by atoms with Gasteiger partial charge >= 0.3 is 0 Å². The second-order valence-corrected chi connectivity index (χ2v) is 4.84. The number of aromatic nitrogens is 1. The molecule has 1 aromatic rings. The first kappa shape index (κ1) is 12.8. The Kier molecular flexibility index (Phi) is 3.52. The second kappa shape index (κ2) is 4.94. The van der Waals surface area contributed by atoms with Crippen LogP contribution in [-0.2, 0) is 0 Å². The molecule has 0 unspecified atom stereocenters. The summed E-state index contributed by atoms with van der Waals surface area (Å²) in [5, 5.41) is 19.6. The van der Waals surface area contributed by atoms with Crippen molar-refractivity contribution in [2.45, 2.75) is 31.8 Å². The molecule has 5 heteroatoms. The quantitative estimate of drug-likeness (QED) is 0.826. The van der Waals surface area contributed by atoms with Gasteiger partial charge in [-0.05, 0) is 25.3 Å². The lowest BCUT2D eigenvalue weighted by molar-refractivity contribution is -0.0270. The predicted molar refractivity (Wildman–Crippen MR) is 66.3 cm³/mol. The van der Waals surface area contributed by atoms with Gasteiger partial charge in [-0.25, -0.2) is 0 Å². The third-order valence-electron chi connectivity index (χ3n) is 3.47. The lowest BCUT2D eigenvalue weighted by atomic mass is 9.90. The molecule has 1 amide bonds. The van der Waals surface area contributed by atoms with Gasteiger partial charge in [0.15, 0.2) is 0 Å². The number of aliphatic hydroxyl groups is 1. The predicted octanol–water partition coefficient (Wildman–Crippen LogP) is 1.16. The van der Waals surface area contributed by atoms with Crippen molar-refractivity contribution in [2.24, 2.45) is 0 Å². The molecule has 1 aliphatic heterocycles. The monoisotopic (exact) mass is 250 g/mol. The number of β-amino-alcohol motifs (C(OH)–C–C–N with tert-alkyl or cyclic N) is 1. The van der Waals surface area contributed by atoms with Crippen LogP contribution in [-0.4, -0.2) is 44.7 Å². The number of rotatable bonds is 2. The van der Waals surface area contributed by atoms with Crippen LogP contribution in [0.2, 0.25) is 0 Å². The van der Waals surface area contributed by atoms with Gasteiger partial charge in [0.2, 0.25) is 0 Å². The van der Waals surface area contributed by atoms with Gasteiger partial charge in [0.25, 0.3) is 5.91 Å². The number of carbonyl (C=O) groups is 1. The fourth-order valence-electron chi connectivity index (χ4n) is 2.30. The normalized spacial score (nSPS) is 24.0. The molecule has 0 spiro atoms. The number of likely N-dealkylation sites (tertiary alicyclic amines) is 1. The second-order valence-electron chi connectivity index (χ2n) is 4.84. The minimum absolute atomic E-state index is 0.0244. The molecular formula is C13H18N2O3. The van der Waals surface area contributed by atoms with E-state index < -0.39 is 5.60 Å². The molecule has 0 aliphatic carbocycles. The summed E-state index contributed by atoms with van der Waals surface area (Å²) >= 11 is 0. The molecule has 2 rings (SSSR count). The lowest BCUT2D eigenvalue weighted by Crippen LogP contribution is -2.49. The number of carbonyl (C=O) groups excluding carboxylic acids is 1. The third kappa shape index (κ3) is 2.61. The number of nitrogens with zero attached hydrogens (tertiary/aromatic N) is 2. The first-order valence-corrected chi connectivity index (χ1v) is 6.20. The van der Waals surface area contributed by atoms with Crippen molar-refractivity contribution in [1.82, 2.24) is 9.88 Å². The number of amides is 1. The molecule has 1 saturated heterocycles. The van der Waals surface area contributed by atoms with Crippen molar-refractivity contribution in [3.63, 3.8) is 0 Å². The number of piperidine rings is 1. The van der Waals surface area contributed by atoms with E-state index >= 15 is 0 Å². The summed E-state index contributed by atoms with van der Waals surface area (Å²) in [6, 6.07) is 1.40. The van der Waals surface area contributed by atoms with E-state index in [-0.39, 0.29) is 11.7 Å². The zero-order chi connectivity index (χ0) is 13.2. The molecule has 2 N–H and O–H groups in total. The van der Waals surface area contributed by atoms with Crippen LogP contribution in [0, 0.1) is 0 Å². The first-order chi connectivity index (χ1) is 8.54. The smallest absolute Gasteiger partial charge is 0.255 e. The zero-order valence-corrected chi connectivity index (χ0v) is 10.5. The Bertz CT molecular complexity index is 450. The van der Waals surface area contributed by atoms with Gasteiger partial charge in [-0.2, -0.15) is 0 Å².